The van der Waals surface area contributed by atoms with Crippen molar-refractivity contribution >= 4 is 33.3 Å². The smallest absolute Gasteiger partial charge is 0.323 e. The van der Waals surface area contributed by atoms with Crippen LogP contribution in [-0.4, -0.2) is 87.8 Å². The number of aliphatic hydroxyl groups excluding tert-OH is 1. The Labute approximate surface area is 257 Å². The number of benzene rings is 3. The van der Waals surface area contributed by atoms with Crippen LogP contribution < -0.4 is 24.8 Å². The molecule has 1 aliphatic heterocycles. The lowest BCUT2D eigenvalue weighted by atomic mass is 9.99. The number of fused-ring (bicyclic) bond motifs is 1. The number of anilines is 2. The van der Waals surface area contributed by atoms with Crippen LogP contribution >= 0.6 is 0 Å². The molecule has 4 rings (SSSR count). The molecular formula is C31H38N4O8S. The van der Waals surface area contributed by atoms with E-state index < -0.39 is 28.2 Å². The summed E-state index contributed by atoms with van der Waals surface area (Å²) < 4.78 is 44.9. The number of aliphatic hydroxyl groups is 1. The molecule has 3 N–H and O–H groups in total. The number of nitrogens with zero attached hydrogens (tertiary/aromatic N) is 2. The van der Waals surface area contributed by atoms with Crippen molar-refractivity contribution in [3.63, 3.8) is 0 Å². The predicted octanol–water partition coefficient (Wildman–Crippen LogP) is 3.89. The van der Waals surface area contributed by atoms with E-state index in [1.165, 1.54) is 35.5 Å². The molecule has 0 aromatic heterocycles. The van der Waals surface area contributed by atoms with Crippen molar-refractivity contribution in [3.05, 3.63) is 72.3 Å². The molecule has 13 heteroatoms. The van der Waals surface area contributed by atoms with Crippen LogP contribution in [0.3, 0.4) is 0 Å². The maximum Gasteiger partial charge on any atom is 0.323 e. The highest BCUT2D eigenvalue weighted by molar-refractivity contribution is 7.89. The number of hydrogen-bond donors (Lipinski definition) is 3. The van der Waals surface area contributed by atoms with Gasteiger partial charge in [0.25, 0.3) is 5.91 Å². The number of sulfonamides is 1. The Kier molecular flexibility index (Phi) is 10.3. The van der Waals surface area contributed by atoms with Crippen LogP contribution in [-0.2, 0) is 10.0 Å². The lowest BCUT2D eigenvalue weighted by molar-refractivity contribution is 0.0389. The van der Waals surface area contributed by atoms with Crippen LogP contribution in [0, 0.1) is 5.92 Å². The molecule has 0 radical (unpaired) electrons. The largest absolute Gasteiger partial charge is 0.497 e. The van der Waals surface area contributed by atoms with Crippen molar-refractivity contribution in [2.45, 2.75) is 30.9 Å². The highest BCUT2D eigenvalue weighted by Gasteiger charge is 2.36. The quantitative estimate of drug-likeness (QED) is 0.307. The fourth-order valence-electron chi connectivity index (χ4n) is 4.80. The number of likely N-dealkylation sites (N-methyl/N-ethyl adjacent to an activating group) is 1. The summed E-state index contributed by atoms with van der Waals surface area (Å²) >= 11 is 0. The predicted molar refractivity (Wildman–Crippen MR) is 166 cm³/mol. The van der Waals surface area contributed by atoms with E-state index in [0.717, 1.165) is 0 Å². The number of rotatable bonds is 10. The first-order valence-electron chi connectivity index (χ1n) is 14.0. The number of ether oxygens (including phenoxy) is 3. The molecule has 0 aliphatic carbocycles. The number of urea groups is 1. The number of nitrogens with one attached hydrogen (secondary N) is 2. The van der Waals surface area contributed by atoms with Crippen molar-refractivity contribution in [1.82, 2.24) is 9.21 Å². The van der Waals surface area contributed by atoms with Gasteiger partial charge < -0.3 is 34.9 Å². The maximum absolute atomic E-state index is 13.7. The van der Waals surface area contributed by atoms with E-state index in [1.54, 1.807) is 68.6 Å². The third-order valence-electron chi connectivity index (χ3n) is 7.49. The van der Waals surface area contributed by atoms with E-state index in [4.69, 9.17) is 14.2 Å². The summed E-state index contributed by atoms with van der Waals surface area (Å²) in [7, 11) is 0.591. The molecule has 0 unspecified atom stereocenters. The van der Waals surface area contributed by atoms with E-state index >= 15 is 0 Å². The van der Waals surface area contributed by atoms with Gasteiger partial charge in [-0.25, -0.2) is 13.2 Å². The average Bonchev–Trinajstić information content (AvgIpc) is 3.02. The second kappa shape index (κ2) is 14.0. The Morgan fingerprint density at radius 1 is 1.05 bits per heavy atom. The van der Waals surface area contributed by atoms with Gasteiger partial charge in [-0.2, -0.15) is 4.31 Å². The van der Waals surface area contributed by atoms with Crippen molar-refractivity contribution in [2.75, 3.05) is 51.6 Å². The standard InChI is InChI=1S/C31H38N4O8S/c1-20-17-35(21(2)19-36)30(37)26-7-6-8-27(33-31(38)32-22-9-11-23(41-4)12-10-22)29(26)43-28(20)18-34(3)44(39,40)25-15-13-24(42-5)14-16-25/h6-16,20-21,28,36H,17-19H2,1-5H3,(H2,32,33,38)/t20-,21+,28+/m0/s1. The monoisotopic (exact) mass is 626 g/mol. The van der Waals surface area contributed by atoms with Gasteiger partial charge in [-0.3, -0.25) is 4.79 Å². The molecule has 1 heterocycles. The number of hydrogen-bond acceptors (Lipinski definition) is 8. The van der Waals surface area contributed by atoms with E-state index in [2.05, 4.69) is 10.6 Å². The minimum Gasteiger partial charge on any atom is -0.497 e. The molecule has 0 saturated heterocycles. The molecule has 3 amide bonds. The highest BCUT2D eigenvalue weighted by atomic mass is 32.2. The zero-order valence-electron chi connectivity index (χ0n) is 25.3. The molecule has 0 saturated carbocycles. The summed E-state index contributed by atoms with van der Waals surface area (Å²) in [6.45, 7) is 3.45. The van der Waals surface area contributed by atoms with Crippen molar-refractivity contribution in [1.29, 1.82) is 0 Å². The highest BCUT2D eigenvalue weighted by Crippen LogP contribution is 2.35. The third kappa shape index (κ3) is 7.24. The normalized spacial score (nSPS) is 17.5. The summed E-state index contributed by atoms with van der Waals surface area (Å²) in [4.78, 5) is 28.4. The molecule has 0 spiro atoms. The van der Waals surface area contributed by atoms with Gasteiger partial charge in [-0.15, -0.1) is 0 Å². The molecule has 3 atom stereocenters. The van der Waals surface area contributed by atoms with E-state index in [1.807, 2.05) is 6.92 Å². The second-order valence-corrected chi connectivity index (χ2v) is 12.6. The zero-order valence-corrected chi connectivity index (χ0v) is 26.1. The van der Waals surface area contributed by atoms with Crippen molar-refractivity contribution in [2.24, 2.45) is 5.92 Å². The number of carbonyl (C=O) groups excluding carboxylic acids is 2. The van der Waals surface area contributed by atoms with Gasteiger partial charge in [-0.05, 0) is 67.6 Å². The number of carbonyl (C=O) groups is 2. The van der Waals surface area contributed by atoms with Gasteiger partial charge in [0.2, 0.25) is 10.0 Å². The van der Waals surface area contributed by atoms with E-state index in [0.29, 0.717) is 17.2 Å². The minimum atomic E-state index is -3.91. The molecule has 3 aromatic rings. The Bertz CT molecular complexity index is 1560. The SMILES string of the molecule is COc1ccc(NC(=O)Nc2cccc3c2O[C@H](CN(C)S(=O)(=O)c2ccc(OC)cc2)[C@@H](C)CN([C@H](C)CO)C3=O)cc1. The summed E-state index contributed by atoms with van der Waals surface area (Å²) in [6, 6.07) is 16.5. The minimum absolute atomic E-state index is 0.0586. The second-order valence-electron chi connectivity index (χ2n) is 10.6. The Hall–Kier alpha value is -4.33. The van der Waals surface area contributed by atoms with Crippen LogP contribution in [0.2, 0.25) is 0 Å². The zero-order chi connectivity index (χ0) is 32.0. The fraction of sp³-hybridized carbons (Fsp3) is 0.355. The third-order valence-corrected chi connectivity index (χ3v) is 9.33. The van der Waals surface area contributed by atoms with Gasteiger partial charge in [0, 0.05) is 25.2 Å². The molecule has 1 aliphatic rings. The van der Waals surface area contributed by atoms with Crippen LogP contribution in [0.4, 0.5) is 16.2 Å². The molecule has 44 heavy (non-hydrogen) atoms. The average molecular weight is 627 g/mol. The van der Waals surface area contributed by atoms with Crippen LogP contribution in [0.15, 0.2) is 71.6 Å². The topological polar surface area (TPSA) is 147 Å². The van der Waals surface area contributed by atoms with Crippen molar-refractivity contribution in [3.8, 4) is 17.2 Å². The fourth-order valence-corrected chi connectivity index (χ4v) is 5.98. The lowest BCUT2D eigenvalue weighted by Gasteiger charge is -2.38. The summed E-state index contributed by atoms with van der Waals surface area (Å²) in [5.41, 5.74) is 0.905. The van der Waals surface area contributed by atoms with E-state index in [-0.39, 0.29) is 53.4 Å². The molecule has 3 aromatic carbocycles. The van der Waals surface area contributed by atoms with Gasteiger partial charge in [0.1, 0.15) is 17.6 Å². The lowest BCUT2D eigenvalue weighted by Crippen LogP contribution is -2.50. The number of amides is 3. The summed E-state index contributed by atoms with van der Waals surface area (Å²) in [6.07, 6.45) is -0.735. The Balaban J connectivity index is 1.66. The first kappa shape index (κ1) is 32.6. The van der Waals surface area contributed by atoms with E-state index in [9.17, 15) is 23.1 Å². The number of para-hydroxylation sites is 1. The van der Waals surface area contributed by atoms with Crippen molar-refractivity contribution < 1.29 is 37.3 Å². The Morgan fingerprint density at radius 2 is 1.66 bits per heavy atom. The summed E-state index contributed by atoms with van der Waals surface area (Å²) in [5, 5.41) is 15.4. The van der Waals surface area contributed by atoms with Gasteiger partial charge in [0.05, 0.1) is 49.6 Å². The molecule has 236 valence electrons. The van der Waals surface area contributed by atoms with Crippen LogP contribution in [0.1, 0.15) is 24.2 Å². The molecule has 0 fully saturated rings. The maximum atomic E-state index is 13.7. The van der Waals surface area contributed by atoms with Gasteiger partial charge in [0.15, 0.2) is 5.75 Å². The van der Waals surface area contributed by atoms with Gasteiger partial charge >= 0.3 is 6.03 Å². The summed E-state index contributed by atoms with van der Waals surface area (Å²) in [5.74, 6) is 0.512. The molecule has 12 nitrogen and oxygen atoms in total. The van der Waals surface area contributed by atoms with Crippen LogP contribution in [0.5, 0.6) is 17.2 Å². The van der Waals surface area contributed by atoms with Gasteiger partial charge in [-0.1, -0.05) is 13.0 Å². The first-order valence-corrected chi connectivity index (χ1v) is 15.5. The number of methoxy groups -OCH3 is 2. The first-order chi connectivity index (χ1) is 21.0. The Morgan fingerprint density at radius 3 is 2.25 bits per heavy atom. The molecular weight excluding hydrogens is 588 g/mol. The molecule has 0 bridgehead atoms. The van der Waals surface area contributed by atoms with Crippen LogP contribution in [0.25, 0.3) is 0 Å².